The molecule has 2 aromatic rings. The van der Waals surface area contributed by atoms with Crippen molar-refractivity contribution in [1.29, 1.82) is 5.26 Å². The predicted octanol–water partition coefficient (Wildman–Crippen LogP) is 4.29. The van der Waals surface area contributed by atoms with Crippen molar-refractivity contribution in [2.45, 2.75) is 25.2 Å². The molecule has 1 heterocycles. The number of nitriles is 1. The third-order valence-electron chi connectivity index (χ3n) is 5.82. The highest BCUT2D eigenvalue weighted by Gasteiger charge is 2.41. The van der Waals surface area contributed by atoms with Gasteiger partial charge in [0.25, 0.3) is 0 Å². The summed E-state index contributed by atoms with van der Waals surface area (Å²) >= 11 is 0. The van der Waals surface area contributed by atoms with Crippen molar-refractivity contribution in [2.24, 2.45) is 5.73 Å². The highest BCUT2D eigenvalue weighted by molar-refractivity contribution is 6.01. The quantitative estimate of drug-likeness (QED) is 0.768. The van der Waals surface area contributed by atoms with Crippen molar-refractivity contribution in [3.8, 4) is 17.6 Å². The van der Waals surface area contributed by atoms with E-state index in [1.54, 1.807) is 18.2 Å². The van der Waals surface area contributed by atoms with E-state index in [4.69, 9.17) is 15.2 Å². The van der Waals surface area contributed by atoms with E-state index >= 15 is 0 Å². The van der Waals surface area contributed by atoms with E-state index in [9.17, 15) is 18.8 Å². The van der Waals surface area contributed by atoms with E-state index in [-0.39, 0.29) is 23.6 Å². The van der Waals surface area contributed by atoms with Gasteiger partial charge in [-0.05, 0) is 42.7 Å². The second kappa shape index (κ2) is 8.35. The molecule has 0 saturated carbocycles. The summed E-state index contributed by atoms with van der Waals surface area (Å²) in [5.74, 6) is -1.83. The summed E-state index contributed by atoms with van der Waals surface area (Å²) in [6.07, 6.45) is 1.17. The third-order valence-corrected chi connectivity index (χ3v) is 5.82. The fourth-order valence-electron chi connectivity index (χ4n) is 4.41. The maximum absolute atomic E-state index is 14.7. The Kier molecular flexibility index (Phi) is 5.57. The first-order valence-corrected chi connectivity index (χ1v) is 10.0. The van der Waals surface area contributed by atoms with Crippen LogP contribution in [-0.4, -0.2) is 20.0 Å². The van der Waals surface area contributed by atoms with Crippen molar-refractivity contribution in [2.75, 3.05) is 19.1 Å². The Hall–Kier alpha value is -3.86. The van der Waals surface area contributed by atoms with Crippen LogP contribution in [0.25, 0.3) is 0 Å². The molecule has 8 heteroatoms. The second-order valence-corrected chi connectivity index (χ2v) is 7.50. The van der Waals surface area contributed by atoms with Gasteiger partial charge in [-0.25, -0.2) is 8.78 Å². The number of ketones is 1. The molecule has 32 heavy (non-hydrogen) atoms. The number of rotatable bonds is 4. The lowest BCUT2D eigenvalue weighted by Crippen LogP contribution is -2.39. The zero-order valence-corrected chi connectivity index (χ0v) is 17.6. The molecule has 0 bridgehead atoms. The normalized spacial score (nSPS) is 18.4. The number of hydrogen-bond acceptors (Lipinski definition) is 6. The van der Waals surface area contributed by atoms with E-state index < -0.39 is 23.2 Å². The number of carbonyl (C=O) groups is 1. The van der Waals surface area contributed by atoms with Gasteiger partial charge in [0.15, 0.2) is 17.3 Å². The molecule has 2 aromatic carbocycles. The van der Waals surface area contributed by atoms with Crippen molar-refractivity contribution in [1.82, 2.24) is 0 Å². The number of hydrogen-bond donors (Lipinski definition) is 1. The maximum Gasteiger partial charge on any atom is 0.161 e. The van der Waals surface area contributed by atoms with Crippen LogP contribution in [0.1, 0.15) is 30.7 Å². The van der Waals surface area contributed by atoms with Crippen LogP contribution in [0, 0.1) is 23.0 Å². The number of methoxy groups -OCH3 is 2. The highest BCUT2D eigenvalue weighted by atomic mass is 19.1. The summed E-state index contributed by atoms with van der Waals surface area (Å²) in [5, 5.41) is 10.0. The van der Waals surface area contributed by atoms with Crippen LogP contribution in [0.3, 0.4) is 0 Å². The number of halogens is 2. The number of ether oxygens (including phenoxy) is 2. The van der Waals surface area contributed by atoms with Gasteiger partial charge in [-0.2, -0.15) is 5.26 Å². The fraction of sp³-hybridized carbons (Fsp3) is 0.250. The van der Waals surface area contributed by atoms with Crippen LogP contribution < -0.4 is 20.1 Å². The van der Waals surface area contributed by atoms with E-state index in [0.717, 1.165) is 12.1 Å². The van der Waals surface area contributed by atoms with Gasteiger partial charge in [0.05, 0.1) is 31.8 Å². The van der Waals surface area contributed by atoms with Gasteiger partial charge in [-0.15, -0.1) is 0 Å². The molecule has 0 radical (unpaired) electrons. The van der Waals surface area contributed by atoms with Gasteiger partial charge in [0.2, 0.25) is 0 Å². The average Bonchev–Trinajstić information content (AvgIpc) is 2.79. The Morgan fingerprint density at radius 3 is 2.41 bits per heavy atom. The molecule has 0 amide bonds. The molecule has 1 atom stereocenters. The van der Waals surface area contributed by atoms with Crippen molar-refractivity contribution in [3.63, 3.8) is 0 Å². The molecule has 4 rings (SSSR count). The third kappa shape index (κ3) is 3.26. The smallest absolute Gasteiger partial charge is 0.161 e. The second-order valence-electron chi connectivity index (χ2n) is 7.50. The van der Waals surface area contributed by atoms with Crippen molar-refractivity contribution >= 4 is 11.5 Å². The lowest BCUT2D eigenvalue weighted by molar-refractivity contribution is -0.116. The van der Waals surface area contributed by atoms with Gasteiger partial charge < -0.3 is 15.2 Å². The van der Waals surface area contributed by atoms with Gasteiger partial charge in [-0.3, -0.25) is 9.69 Å². The molecule has 6 nitrogen and oxygen atoms in total. The lowest BCUT2D eigenvalue weighted by atomic mass is 9.75. The molecular formula is C24H21F2N3O3. The maximum atomic E-state index is 14.7. The minimum absolute atomic E-state index is 0.0360. The summed E-state index contributed by atoms with van der Waals surface area (Å²) in [4.78, 5) is 14.3. The van der Waals surface area contributed by atoms with Crippen LogP contribution in [0.5, 0.6) is 11.5 Å². The molecule has 1 aliphatic carbocycles. The van der Waals surface area contributed by atoms with E-state index in [1.807, 2.05) is 0 Å². The van der Waals surface area contributed by atoms with E-state index in [2.05, 4.69) is 6.07 Å². The molecule has 0 saturated heterocycles. The average molecular weight is 437 g/mol. The summed E-state index contributed by atoms with van der Waals surface area (Å²) < 4.78 is 40.1. The number of nitrogens with two attached hydrogens (primary N) is 1. The topological polar surface area (TPSA) is 88.6 Å². The molecule has 1 aliphatic heterocycles. The van der Waals surface area contributed by atoms with Gasteiger partial charge in [0.1, 0.15) is 23.1 Å². The summed E-state index contributed by atoms with van der Waals surface area (Å²) in [5.41, 5.74) is 7.31. The van der Waals surface area contributed by atoms with Gasteiger partial charge in [-0.1, -0.05) is 12.1 Å². The van der Waals surface area contributed by atoms with E-state index in [0.29, 0.717) is 41.2 Å². The van der Waals surface area contributed by atoms with Gasteiger partial charge >= 0.3 is 0 Å². The molecule has 0 aromatic heterocycles. The van der Waals surface area contributed by atoms with Crippen LogP contribution in [0.2, 0.25) is 0 Å². The zero-order valence-electron chi connectivity index (χ0n) is 17.6. The van der Waals surface area contributed by atoms with Crippen LogP contribution in [0.4, 0.5) is 14.5 Å². The minimum atomic E-state index is -0.834. The van der Waals surface area contributed by atoms with Gasteiger partial charge in [0, 0.05) is 17.7 Å². The molecule has 2 N–H and O–H groups in total. The molecule has 164 valence electrons. The lowest BCUT2D eigenvalue weighted by Gasteiger charge is -2.39. The largest absolute Gasteiger partial charge is 0.493 e. The van der Waals surface area contributed by atoms with Crippen molar-refractivity contribution in [3.05, 3.63) is 76.3 Å². The van der Waals surface area contributed by atoms with E-state index in [1.165, 1.54) is 25.2 Å². The number of benzene rings is 2. The molecular weight excluding hydrogens is 416 g/mol. The number of anilines is 1. The Labute approximate surface area is 184 Å². The summed E-state index contributed by atoms with van der Waals surface area (Å²) in [7, 11) is 2.99. The fourth-order valence-corrected chi connectivity index (χ4v) is 4.41. The predicted molar refractivity (Wildman–Crippen MR) is 114 cm³/mol. The zero-order chi connectivity index (χ0) is 23.0. The SMILES string of the molecule is COc1ccc(C2C(C#N)=C(N)N(c3c(F)cccc3F)C3=C2C(=O)CCC3)cc1OC. The molecule has 0 fully saturated rings. The van der Waals surface area contributed by atoms with Crippen molar-refractivity contribution < 1.29 is 23.0 Å². The number of para-hydroxylation sites is 1. The Morgan fingerprint density at radius 2 is 1.78 bits per heavy atom. The highest BCUT2D eigenvalue weighted by Crippen LogP contribution is 2.48. The van der Waals surface area contributed by atoms with Crippen LogP contribution in [-0.2, 0) is 4.79 Å². The first kappa shape index (κ1) is 21.4. The summed E-state index contributed by atoms with van der Waals surface area (Å²) in [6, 6.07) is 10.6. The Morgan fingerprint density at radius 1 is 1.09 bits per heavy atom. The van der Waals surface area contributed by atoms with Crippen LogP contribution in [0.15, 0.2) is 59.1 Å². The molecule has 2 aliphatic rings. The Balaban J connectivity index is 2.00. The number of nitrogens with zero attached hydrogens (tertiary/aromatic N) is 2. The number of allylic oxidation sites excluding steroid dienone is 3. The number of Topliss-reactive ketones (excluding diaryl/α,β-unsaturated/α-hetero) is 1. The monoisotopic (exact) mass is 437 g/mol. The minimum Gasteiger partial charge on any atom is -0.493 e. The first-order valence-electron chi connectivity index (χ1n) is 10.0. The molecule has 1 unspecified atom stereocenters. The summed E-state index contributed by atoms with van der Waals surface area (Å²) in [6.45, 7) is 0. The standard InChI is InChI=1S/C24H21F2N3O3/c1-31-19-10-9-13(11-20(19)32-2)21-14(12-27)24(28)29(17-7-4-8-18(30)22(17)21)23-15(25)5-3-6-16(23)26/h3,5-6,9-11,21H,4,7-8,28H2,1-2H3. The molecule has 0 spiro atoms. The Bertz CT molecular complexity index is 1190. The first-order chi connectivity index (χ1) is 15.4. The number of carbonyl (C=O) groups excluding carboxylic acids is 1. The van der Waals surface area contributed by atoms with Crippen LogP contribution >= 0.6 is 0 Å².